The summed E-state index contributed by atoms with van der Waals surface area (Å²) in [5.41, 5.74) is 21.6. The molecule has 11 rings (SSSR count). The van der Waals surface area contributed by atoms with Gasteiger partial charge in [0.25, 0.3) is 0 Å². The summed E-state index contributed by atoms with van der Waals surface area (Å²) >= 11 is 0. The molecule has 0 aliphatic heterocycles. The molecule has 0 fully saturated rings. The molecule has 0 radical (unpaired) electrons. The molecule has 59 heavy (non-hydrogen) atoms. The number of benzene rings is 9. The molecule has 282 valence electrons. The highest BCUT2D eigenvalue weighted by atomic mass is 15.1. The van der Waals surface area contributed by atoms with Crippen molar-refractivity contribution in [3.63, 3.8) is 0 Å². The second-order valence-corrected chi connectivity index (χ2v) is 17.3. The fourth-order valence-electron chi connectivity index (χ4n) is 10.4. The van der Waals surface area contributed by atoms with Gasteiger partial charge >= 0.3 is 0 Å². The molecule has 0 amide bonds. The van der Waals surface area contributed by atoms with E-state index in [-0.39, 0.29) is 10.8 Å². The van der Waals surface area contributed by atoms with Gasteiger partial charge in [-0.15, -0.1) is 0 Å². The zero-order valence-corrected chi connectivity index (χ0v) is 34.0. The largest absolute Gasteiger partial charge is 0.309 e. The molecule has 9 aromatic rings. The summed E-state index contributed by atoms with van der Waals surface area (Å²) in [5, 5.41) is 2.43. The van der Waals surface area contributed by atoms with E-state index in [0.717, 1.165) is 17.1 Å². The van der Waals surface area contributed by atoms with E-state index in [0.29, 0.717) is 0 Å². The smallest absolute Gasteiger partial charge is 0.0540 e. The minimum atomic E-state index is -0.107. The highest BCUT2D eigenvalue weighted by Gasteiger charge is 2.38. The summed E-state index contributed by atoms with van der Waals surface area (Å²) in [4.78, 5) is 2.46. The second-order valence-electron chi connectivity index (χ2n) is 17.3. The van der Waals surface area contributed by atoms with E-state index in [4.69, 9.17) is 0 Å². The van der Waals surface area contributed by atoms with Gasteiger partial charge in [0, 0.05) is 27.5 Å². The number of hydrogen-bond acceptors (Lipinski definition) is 1. The Kier molecular flexibility index (Phi) is 7.94. The van der Waals surface area contributed by atoms with Gasteiger partial charge in [-0.25, -0.2) is 0 Å². The average Bonchev–Trinajstić information content (AvgIpc) is 3.66. The van der Waals surface area contributed by atoms with Gasteiger partial charge in [0.05, 0.1) is 11.4 Å². The van der Waals surface area contributed by atoms with Crippen LogP contribution >= 0.6 is 0 Å². The predicted molar refractivity (Wildman–Crippen MR) is 250 cm³/mol. The molecule has 0 bridgehead atoms. The van der Waals surface area contributed by atoms with Gasteiger partial charge in [-0.05, 0) is 108 Å². The van der Waals surface area contributed by atoms with E-state index in [1.807, 2.05) is 0 Å². The maximum absolute atomic E-state index is 2.46. The van der Waals surface area contributed by atoms with Crippen molar-refractivity contribution < 1.29 is 0 Å². The van der Waals surface area contributed by atoms with Gasteiger partial charge in [-0.2, -0.15) is 0 Å². The summed E-state index contributed by atoms with van der Waals surface area (Å²) in [5.74, 6) is 0. The molecule has 0 N–H and O–H groups in total. The molecule has 2 aliphatic carbocycles. The van der Waals surface area contributed by atoms with E-state index < -0.39 is 0 Å². The molecular weight excluding hydrogens is 711 g/mol. The van der Waals surface area contributed by atoms with Crippen molar-refractivity contribution in [2.24, 2.45) is 0 Å². The Hall–Kier alpha value is -6.96. The molecule has 0 saturated carbocycles. The number of anilines is 3. The van der Waals surface area contributed by atoms with Crippen molar-refractivity contribution in [2.75, 3.05) is 4.90 Å². The minimum absolute atomic E-state index is 0.0854. The van der Waals surface area contributed by atoms with Crippen molar-refractivity contribution in [1.29, 1.82) is 0 Å². The molecule has 0 atom stereocenters. The standard InChI is InChI=1S/C58H45N/c1-57(2)51-27-12-9-23-46(51)48-36-33-40(37-53(48)57)44-21-11-14-29-54(44)59(55-30-15-18-38-17-5-6-20-43(38)55)41-34-31-39(32-35-41)42-19-7-8-22-45(42)49-25-16-26-50-47-24-10-13-28-52(47)58(3,4)56(49)50/h5-37H,1-4H3. The first kappa shape index (κ1) is 35.2. The van der Waals surface area contributed by atoms with Crippen LogP contribution < -0.4 is 4.90 Å². The third-order valence-corrected chi connectivity index (χ3v) is 13.3. The fraction of sp³-hybridized carbons (Fsp3) is 0.103. The normalized spacial score (nSPS) is 14.0. The molecular formula is C58H45N. The molecule has 2 aliphatic rings. The SMILES string of the molecule is CC1(C)c2ccccc2-c2ccc(-c3ccccc3N(c3ccc(-c4ccccc4-c4cccc5c4C(C)(C)c4ccccc4-5)cc3)c3cccc4ccccc34)cc21. The summed E-state index contributed by atoms with van der Waals surface area (Å²) in [6, 6.07) is 74.2. The topological polar surface area (TPSA) is 3.24 Å². The molecule has 0 unspecified atom stereocenters. The summed E-state index contributed by atoms with van der Waals surface area (Å²) < 4.78 is 0. The van der Waals surface area contributed by atoms with Crippen molar-refractivity contribution in [2.45, 2.75) is 38.5 Å². The highest BCUT2D eigenvalue weighted by Crippen LogP contribution is 2.54. The lowest BCUT2D eigenvalue weighted by Gasteiger charge is -2.29. The third kappa shape index (κ3) is 5.38. The molecule has 0 aromatic heterocycles. The van der Waals surface area contributed by atoms with Crippen LogP contribution in [-0.4, -0.2) is 0 Å². The number of nitrogens with zero attached hydrogens (tertiary/aromatic N) is 1. The molecule has 0 saturated heterocycles. The fourth-order valence-corrected chi connectivity index (χ4v) is 10.4. The Balaban J connectivity index is 1.05. The van der Waals surface area contributed by atoms with Gasteiger partial charge in [0.1, 0.15) is 0 Å². The van der Waals surface area contributed by atoms with Gasteiger partial charge in [-0.1, -0.05) is 198 Å². The number of para-hydroxylation sites is 1. The quantitative estimate of drug-likeness (QED) is 0.163. The second kappa shape index (κ2) is 13.3. The van der Waals surface area contributed by atoms with Crippen LogP contribution in [0.1, 0.15) is 49.9 Å². The maximum Gasteiger partial charge on any atom is 0.0540 e. The van der Waals surface area contributed by atoms with E-state index in [9.17, 15) is 0 Å². The van der Waals surface area contributed by atoms with Gasteiger partial charge in [-0.3, -0.25) is 0 Å². The lowest BCUT2D eigenvalue weighted by atomic mass is 9.78. The van der Waals surface area contributed by atoms with Gasteiger partial charge in [0.15, 0.2) is 0 Å². The van der Waals surface area contributed by atoms with Crippen molar-refractivity contribution in [1.82, 2.24) is 0 Å². The highest BCUT2D eigenvalue weighted by molar-refractivity contribution is 6.02. The monoisotopic (exact) mass is 755 g/mol. The molecule has 1 nitrogen and oxygen atoms in total. The van der Waals surface area contributed by atoms with Gasteiger partial charge in [0.2, 0.25) is 0 Å². The Labute approximate surface area is 347 Å². The zero-order chi connectivity index (χ0) is 39.9. The van der Waals surface area contributed by atoms with Crippen molar-refractivity contribution in [3.8, 4) is 55.6 Å². The maximum atomic E-state index is 2.46. The summed E-state index contributed by atoms with van der Waals surface area (Å²) in [6.45, 7) is 9.47. The molecule has 1 heteroatoms. The summed E-state index contributed by atoms with van der Waals surface area (Å²) in [7, 11) is 0. The first-order valence-electron chi connectivity index (χ1n) is 20.9. The summed E-state index contributed by atoms with van der Waals surface area (Å²) in [6.07, 6.45) is 0. The van der Waals surface area contributed by atoms with Gasteiger partial charge < -0.3 is 4.90 Å². The predicted octanol–water partition coefficient (Wildman–Crippen LogP) is 15.9. The Morgan fingerprint density at radius 3 is 1.58 bits per heavy atom. The van der Waals surface area contributed by atoms with Crippen molar-refractivity contribution >= 4 is 27.8 Å². The number of rotatable bonds is 6. The minimum Gasteiger partial charge on any atom is -0.309 e. The van der Waals surface area contributed by atoms with Crippen LogP contribution in [0.4, 0.5) is 17.1 Å². The third-order valence-electron chi connectivity index (χ3n) is 13.3. The first-order chi connectivity index (χ1) is 28.8. The van der Waals surface area contributed by atoms with Crippen LogP contribution in [-0.2, 0) is 10.8 Å². The average molecular weight is 756 g/mol. The van der Waals surface area contributed by atoms with Crippen molar-refractivity contribution in [3.05, 3.63) is 222 Å². The van der Waals surface area contributed by atoms with Crippen LogP contribution in [0.15, 0.2) is 200 Å². The van der Waals surface area contributed by atoms with E-state index in [1.54, 1.807) is 0 Å². The van der Waals surface area contributed by atoms with Crippen LogP contribution in [0.25, 0.3) is 66.4 Å². The lowest BCUT2D eigenvalue weighted by Crippen LogP contribution is -2.16. The Morgan fingerprint density at radius 2 is 0.814 bits per heavy atom. The first-order valence-corrected chi connectivity index (χ1v) is 20.9. The number of hydrogen-bond donors (Lipinski definition) is 0. The Morgan fingerprint density at radius 1 is 0.322 bits per heavy atom. The van der Waals surface area contributed by atoms with Crippen LogP contribution in [0.2, 0.25) is 0 Å². The molecule has 9 aromatic carbocycles. The lowest BCUT2D eigenvalue weighted by molar-refractivity contribution is 0.660. The molecule has 0 heterocycles. The van der Waals surface area contributed by atoms with Crippen LogP contribution in [0, 0.1) is 0 Å². The number of fused-ring (bicyclic) bond motifs is 7. The Bertz CT molecular complexity index is 3100. The van der Waals surface area contributed by atoms with Crippen LogP contribution in [0.5, 0.6) is 0 Å². The van der Waals surface area contributed by atoms with Crippen LogP contribution in [0.3, 0.4) is 0 Å². The van der Waals surface area contributed by atoms with E-state index in [1.165, 1.54) is 88.7 Å². The zero-order valence-electron chi connectivity index (χ0n) is 34.0. The molecule has 0 spiro atoms. The van der Waals surface area contributed by atoms with E-state index >= 15 is 0 Å². The van der Waals surface area contributed by atoms with E-state index in [2.05, 4.69) is 233 Å².